The third kappa shape index (κ3) is 3.19. The normalized spacial score (nSPS) is 9.68. The topological polar surface area (TPSA) is 12.9 Å². The van der Waals surface area contributed by atoms with Crippen molar-refractivity contribution < 1.29 is 21.1 Å². The molecular weight excluding hydrogens is 413 g/mol. The monoisotopic (exact) mass is 425 g/mol. The Hall–Kier alpha value is -1.72. The summed E-state index contributed by atoms with van der Waals surface area (Å²) in [4.78, 5) is 4.35. The Labute approximate surface area is 127 Å². The Bertz CT molecular complexity index is 581. The maximum absolute atomic E-state index is 4.35. The van der Waals surface area contributed by atoms with Crippen LogP contribution in [0.25, 0.3) is 22.4 Å². The molecule has 1 nitrogen and oxygen atoms in total. The minimum atomic E-state index is 0. The molecule has 0 aliphatic rings. The van der Waals surface area contributed by atoms with Gasteiger partial charge in [0.05, 0.1) is 0 Å². The average molecular weight is 425 g/mol. The molecule has 19 heavy (non-hydrogen) atoms. The Morgan fingerprint density at radius 3 is 2.32 bits per heavy atom. The maximum Gasteiger partial charge on any atom is 0.0160 e. The summed E-state index contributed by atoms with van der Waals surface area (Å²) in [7, 11) is 0. The molecule has 0 atom stereocenters. The van der Waals surface area contributed by atoms with Crippen LogP contribution in [-0.4, -0.2) is 4.98 Å². The molecule has 0 N–H and O–H groups in total. The molecule has 0 amide bonds. The summed E-state index contributed by atoms with van der Waals surface area (Å²) in [6.45, 7) is 0. The van der Waals surface area contributed by atoms with E-state index in [-0.39, 0.29) is 21.1 Å². The van der Waals surface area contributed by atoms with Crippen molar-refractivity contribution >= 4 is 0 Å². The van der Waals surface area contributed by atoms with E-state index in [1.54, 1.807) is 6.20 Å². The minimum absolute atomic E-state index is 0. The van der Waals surface area contributed by atoms with E-state index in [4.69, 9.17) is 0 Å². The molecular formula is C17H12NPt-. The summed E-state index contributed by atoms with van der Waals surface area (Å²) in [5.41, 5.74) is 4.38. The summed E-state index contributed by atoms with van der Waals surface area (Å²) in [5, 5.41) is 0. The standard InChI is InChI=1S/C17H12N.Pt/c1-2-7-14(8-3-1)15-9-6-10-16(13-15)17-11-4-5-12-18-17;/h1-9,11-13H;/q-1;. The molecule has 2 heteroatoms. The molecule has 0 fully saturated rings. The fourth-order valence-electron chi connectivity index (χ4n) is 1.95. The molecule has 1 heterocycles. The van der Waals surface area contributed by atoms with Gasteiger partial charge in [0.25, 0.3) is 0 Å². The molecule has 0 radical (unpaired) electrons. The van der Waals surface area contributed by atoms with Crippen LogP contribution < -0.4 is 0 Å². The Morgan fingerprint density at radius 2 is 1.58 bits per heavy atom. The first-order chi connectivity index (χ1) is 8.93. The Kier molecular flexibility index (Phi) is 4.65. The van der Waals surface area contributed by atoms with Gasteiger partial charge in [-0.3, -0.25) is 0 Å². The van der Waals surface area contributed by atoms with E-state index in [0.29, 0.717) is 0 Å². The Balaban J connectivity index is 0.00000133. The zero-order valence-electron chi connectivity index (χ0n) is 10.2. The van der Waals surface area contributed by atoms with E-state index in [1.165, 1.54) is 11.1 Å². The van der Waals surface area contributed by atoms with Gasteiger partial charge in [-0.05, 0) is 17.3 Å². The van der Waals surface area contributed by atoms with Crippen molar-refractivity contribution in [3.05, 3.63) is 79.0 Å². The van der Waals surface area contributed by atoms with Gasteiger partial charge < -0.3 is 4.98 Å². The fraction of sp³-hybridized carbons (Fsp3) is 0. The maximum atomic E-state index is 4.35. The van der Waals surface area contributed by atoms with Gasteiger partial charge in [0.15, 0.2) is 0 Å². The Morgan fingerprint density at radius 1 is 0.789 bits per heavy atom. The van der Waals surface area contributed by atoms with Crippen molar-refractivity contribution in [1.29, 1.82) is 0 Å². The zero-order chi connectivity index (χ0) is 12.2. The van der Waals surface area contributed by atoms with Crippen molar-refractivity contribution in [3.63, 3.8) is 0 Å². The number of nitrogens with zero attached hydrogens (tertiary/aromatic N) is 1. The molecule has 0 aliphatic carbocycles. The molecule has 0 bridgehead atoms. The number of hydrogen-bond donors (Lipinski definition) is 0. The second-order valence-corrected chi connectivity index (χ2v) is 4.07. The largest absolute Gasteiger partial charge is 0.305 e. The van der Waals surface area contributed by atoms with E-state index in [1.807, 2.05) is 42.5 Å². The van der Waals surface area contributed by atoms with Gasteiger partial charge in [-0.15, -0.1) is 35.4 Å². The predicted molar refractivity (Wildman–Crippen MR) is 73.9 cm³/mol. The SMILES string of the molecule is [Pt].[c-]1ccc(-c2ccccc2)cc1-c1ccccn1. The van der Waals surface area contributed by atoms with Gasteiger partial charge in [0.1, 0.15) is 0 Å². The third-order valence-corrected chi connectivity index (χ3v) is 2.85. The van der Waals surface area contributed by atoms with E-state index in [0.717, 1.165) is 11.3 Å². The van der Waals surface area contributed by atoms with Crippen LogP contribution in [0, 0.1) is 6.07 Å². The van der Waals surface area contributed by atoms with Gasteiger partial charge in [-0.25, -0.2) is 0 Å². The average Bonchev–Trinajstić information content (AvgIpc) is 2.49. The summed E-state index contributed by atoms with van der Waals surface area (Å²) in [6, 6.07) is 25.6. The smallest absolute Gasteiger partial charge is 0.0160 e. The number of aromatic nitrogens is 1. The molecule has 0 spiro atoms. The fourth-order valence-corrected chi connectivity index (χ4v) is 1.95. The molecule has 2 aromatic carbocycles. The van der Waals surface area contributed by atoms with Crippen LogP contribution in [0.2, 0.25) is 0 Å². The molecule has 3 aromatic rings. The summed E-state index contributed by atoms with van der Waals surface area (Å²) in [5.74, 6) is 0. The molecule has 0 saturated heterocycles. The summed E-state index contributed by atoms with van der Waals surface area (Å²) < 4.78 is 0. The first-order valence-electron chi connectivity index (χ1n) is 5.92. The number of rotatable bonds is 2. The van der Waals surface area contributed by atoms with Gasteiger partial charge in [-0.2, -0.15) is 0 Å². The van der Waals surface area contributed by atoms with Gasteiger partial charge in [0.2, 0.25) is 0 Å². The number of pyridine rings is 1. The van der Waals surface area contributed by atoms with Crippen LogP contribution in [0.4, 0.5) is 0 Å². The van der Waals surface area contributed by atoms with Crippen molar-refractivity contribution in [2.24, 2.45) is 0 Å². The second kappa shape index (κ2) is 6.45. The summed E-state index contributed by atoms with van der Waals surface area (Å²) >= 11 is 0. The quantitative estimate of drug-likeness (QED) is 0.561. The van der Waals surface area contributed by atoms with Crippen LogP contribution >= 0.6 is 0 Å². The van der Waals surface area contributed by atoms with E-state index in [2.05, 4.69) is 35.3 Å². The molecule has 0 saturated carbocycles. The van der Waals surface area contributed by atoms with Crippen LogP contribution in [-0.2, 0) is 21.1 Å². The predicted octanol–water partition coefficient (Wildman–Crippen LogP) is 4.21. The van der Waals surface area contributed by atoms with Crippen LogP contribution in [0.1, 0.15) is 0 Å². The van der Waals surface area contributed by atoms with E-state index < -0.39 is 0 Å². The van der Waals surface area contributed by atoms with Gasteiger partial charge in [-0.1, -0.05) is 42.5 Å². The summed E-state index contributed by atoms with van der Waals surface area (Å²) in [6.07, 6.45) is 1.80. The van der Waals surface area contributed by atoms with Crippen molar-refractivity contribution in [3.8, 4) is 22.4 Å². The van der Waals surface area contributed by atoms with Gasteiger partial charge >= 0.3 is 0 Å². The van der Waals surface area contributed by atoms with Crippen LogP contribution in [0.5, 0.6) is 0 Å². The minimum Gasteiger partial charge on any atom is -0.305 e. The first-order valence-corrected chi connectivity index (χ1v) is 5.92. The van der Waals surface area contributed by atoms with E-state index >= 15 is 0 Å². The van der Waals surface area contributed by atoms with Crippen molar-refractivity contribution in [2.45, 2.75) is 0 Å². The second-order valence-electron chi connectivity index (χ2n) is 4.07. The molecule has 0 unspecified atom stereocenters. The molecule has 1 aromatic heterocycles. The van der Waals surface area contributed by atoms with Crippen molar-refractivity contribution in [2.75, 3.05) is 0 Å². The van der Waals surface area contributed by atoms with Gasteiger partial charge in [0, 0.05) is 27.3 Å². The molecule has 0 aliphatic heterocycles. The van der Waals surface area contributed by atoms with E-state index in [9.17, 15) is 0 Å². The van der Waals surface area contributed by atoms with Crippen molar-refractivity contribution in [1.82, 2.24) is 4.98 Å². The zero-order valence-corrected chi connectivity index (χ0v) is 12.5. The molecule has 3 rings (SSSR count). The third-order valence-electron chi connectivity index (χ3n) is 2.85. The number of hydrogen-bond acceptors (Lipinski definition) is 1. The molecule has 96 valence electrons. The first kappa shape index (κ1) is 13.7. The van der Waals surface area contributed by atoms with Crippen LogP contribution in [0.15, 0.2) is 72.9 Å². The van der Waals surface area contributed by atoms with Crippen LogP contribution in [0.3, 0.4) is 0 Å². The number of benzene rings is 2.